The van der Waals surface area contributed by atoms with Gasteiger partial charge in [-0.3, -0.25) is 4.79 Å². The van der Waals surface area contributed by atoms with Gasteiger partial charge in [0, 0.05) is 6.20 Å². The van der Waals surface area contributed by atoms with Crippen LogP contribution >= 0.6 is 0 Å². The molecule has 3 aromatic carbocycles. The van der Waals surface area contributed by atoms with Gasteiger partial charge in [-0.2, -0.15) is 0 Å². The third-order valence-corrected chi connectivity index (χ3v) is 7.27. The molecule has 0 saturated heterocycles. The summed E-state index contributed by atoms with van der Waals surface area (Å²) in [6.07, 6.45) is 1.97. The van der Waals surface area contributed by atoms with E-state index < -0.39 is 6.04 Å². The number of ketones is 1. The number of ether oxygens (including phenoxy) is 2. The van der Waals surface area contributed by atoms with Crippen LogP contribution in [0.5, 0.6) is 11.5 Å². The van der Waals surface area contributed by atoms with E-state index in [4.69, 9.17) is 14.5 Å². The molecule has 6 rings (SSSR count). The van der Waals surface area contributed by atoms with Crippen LogP contribution in [0.25, 0.3) is 22.6 Å². The number of methoxy groups -OCH3 is 2. The van der Waals surface area contributed by atoms with Gasteiger partial charge in [-0.05, 0) is 73.0 Å². The van der Waals surface area contributed by atoms with Crippen molar-refractivity contribution in [2.24, 2.45) is 0 Å². The van der Waals surface area contributed by atoms with Crippen molar-refractivity contribution in [3.05, 3.63) is 101 Å². The Balaban J connectivity index is 1.66. The van der Waals surface area contributed by atoms with E-state index >= 15 is 0 Å². The number of Topliss-reactive ketones (excluding diaryl/α,β-unsaturated/α-hetero) is 1. The monoisotopic (exact) mass is 477 g/mol. The molecule has 0 amide bonds. The quantitative estimate of drug-likeness (QED) is 0.284. The lowest BCUT2D eigenvalue weighted by molar-refractivity contribution is 0.0891. The maximum atomic E-state index is 14.5. The fourth-order valence-corrected chi connectivity index (χ4v) is 5.35. The van der Waals surface area contributed by atoms with Gasteiger partial charge in [0.25, 0.3) is 0 Å². The highest BCUT2D eigenvalue weighted by Crippen LogP contribution is 2.46. The Kier molecular flexibility index (Phi) is 5.18. The van der Waals surface area contributed by atoms with Crippen LogP contribution < -0.4 is 9.47 Å². The number of nitrogens with zero attached hydrogens (tertiary/aromatic N) is 3. The third kappa shape index (κ3) is 3.25. The Labute approximate surface area is 209 Å². The fraction of sp³-hybridized carbons (Fsp3) is 0.200. The number of hydrogen-bond acceptors (Lipinski definition) is 4. The first kappa shape index (κ1) is 22.2. The van der Waals surface area contributed by atoms with Gasteiger partial charge in [0.05, 0.1) is 42.6 Å². The van der Waals surface area contributed by atoms with Crippen LogP contribution in [-0.4, -0.2) is 34.1 Å². The van der Waals surface area contributed by atoms with E-state index in [0.717, 1.165) is 28.1 Å². The molecule has 180 valence electrons. The third-order valence-electron chi connectivity index (χ3n) is 7.27. The second-order valence-electron chi connectivity index (χ2n) is 9.26. The Morgan fingerprint density at radius 1 is 0.889 bits per heavy atom. The number of carbonyl (C=O) groups excluding carboxylic acids is 1. The van der Waals surface area contributed by atoms with Crippen molar-refractivity contribution in [2.45, 2.75) is 25.9 Å². The molecule has 0 saturated carbocycles. The minimum absolute atomic E-state index is 0.0478. The number of hydrogen-bond donors (Lipinski definition) is 0. The topological polar surface area (TPSA) is 58.3 Å². The van der Waals surface area contributed by atoms with Gasteiger partial charge in [-0.15, -0.1) is 0 Å². The minimum Gasteiger partial charge on any atom is -0.497 e. The van der Waals surface area contributed by atoms with Gasteiger partial charge in [0.2, 0.25) is 0 Å². The van der Waals surface area contributed by atoms with Crippen LogP contribution in [0.15, 0.2) is 79.0 Å². The van der Waals surface area contributed by atoms with E-state index in [9.17, 15) is 4.79 Å². The van der Waals surface area contributed by atoms with Crippen LogP contribution in [0.4, 0.5) is 0 Å². The fourth-order valence-electron chi connectivity index (χ4n) is 5.35. The summed E-state index contributed by atoms with van der Waals surface area (Å²) in [5.41, 5.74) is 6.76. The van der Waals surface area contributed by atoms with E-state index in [2.05, 4.69) is 47.2 Å². The standard InChI is InChI=1S/C30H27N3O3/c1-18-15-23-25(16-19(18)2)33-27(20-9-6-5-7-10-20)28(32-14-8-11-24(32)30(33)31-23)29(34)22-17-21(35-3)12-13-26(22)36-4/h5-17,27-28H,1-4H3/t27-,28+/m0/s1. The van der Waals surface area contributed by atoms with Gasteiger partial charge in [-0.25, -0.2) is 4.98 Å². The summed E-state index contributed by atoms with van der Waals surface area (Å²) in [5, 5.41) is 0. The zero-order chi connectivity index (χ0) is 25.0. The molecular formula is C30H27N3O3. The summed E-state index contributed by atoms with van der Waals surface area (Å²) in [6.45, 7) is 4.22. The molecule has 0 aliphatic carbocycles. The maximum Gasteiger partial charge on any atom is 0.191 e. The van der Waals surface area contributed by atoms with Crippen molar-refractivity contribution in [1.82, 2.24) is 14.1 Å². The average molecular weight is 478 g/mol. The van der Waals surface area contributed by atoms with Gasteiger partial charge < -0.3 is 18.6 Å². The number of aryl methyl sites for hydroxylation is 2. The van der Waals surface area contributed by atoms with Crippen molar-refractivity contribution in [2.75, 3.05) is 14.2 Å². The summed E-state index contributed by atoms with van der Waals surface area (Å²) >= 11 is 0. The smallest absolute Gasteiger partial charge is 0.191 e. The van der Waals surface area contributed by atoms with E-state index in [1.54, 1.807) is 32.4 Å². The maximum absolute atomic E-state index is 14.5. The lowest BCUT2D eigenvalue weighted by atomic mass is 9.89. The van der Waals surface area contributed by atoms with Crippen molar-refractivity contribution in [3.63, 3.8) is 0 Å². The first-order valence-electron chi connectivity index (χ1n) is 12.0. The summed E-state index contributed by atoms with van der Waals surface area (Å²) in [4.78, 5) is 19.5. The zero-order valence-corrected chi connectivity index (χ0v) is 20.7. The molecule has 0 radical (unpaired) electrons. The summed E-state index contributed by atoms with van der Waals surface area (Å²) < 4.78 is 15.4. The minimum atomic E-state index is -0.551. The molecule has 1 aliphatic heterocycles. The summed E-state index contributed by atoms with van der Waals surface area (Å²) in [7, 11) is 3.18. The number of carbonyl (C=O) groups is 1. The van der Waals surface area contributed by atoms with E-state index in [0.29, 0.717) is 17.1 Å². The predicted molar refractivity (Wildman–Crippen MR) is 140 cm³/mol. The molecule has 0 unspecified atom stereocenters. The molecule has 2 aromatic heterocycles. The van der Waals surface area contributed by atoms with Crippen LogP contribution in [0.2, 0.25) is 0 Å². The number of imidazole rings is 1. The lowest BCUT2D eigenvalue weighted by Crippen LogP contribution is -2.34. The van der Waals surface area contributed by atoms with Crippen LogP contribution in [0.1, 0.15) is 39.1 Å². The van der Waals surface area contributed by atoms with E-state index in [1.807, 2.05) is 36.5 Å². The molecule has 5 aromatic rings. The van der Waals surface area contributed by atoms with Gasteiger partial charge in [0.15, 0.2) is 11.6 Å². The second-order valence-corrected chi connectivity index (χ2v) is 9.26. The van der Waals surface area contributed by atoms with Gasteiger partial charge in [-0.1, -0.05) is 30.3 Å². The molecule has 0 fully saturated rings. The molecule has 6 heteroatoms. The van der Waals surface area contributed by atoms with Gasteiger partial charge >= 0.3 is 0 Å². The Bertz CT molecular complexity index is 1610. The molecule has 3 heterocycles. The SMILES string of the molecule is COc1ccc(OC)c(C(=O)[C@H]2[C@H](c3ccccc3)n3c(nc4cc(C)c(C)cc43)-c3cccn32)c1. The van der Waals surface area contributed by atoms with Crippen molar-refractivity contribution in [1.29, 1.82) is 0 Å². The highest BCUT2D eigenvalue weighted by molar-refractivity contribution is 6.03. The Morgan fingerprint density at radius 2 is 1.67 bits per heavy atom. The highest BCUT2D eigenvalue weighted by atomic mass is 16.5. The van der Waals surface area contributed by atoms with E-state index in [-0.39, 0.29) is 11.8 Å². The highest BCUT2D eigenvalue weighted by Gasteiger charge is 2.41. The Morgan fingerprint density at radius 3 is 2.42 bits per heavy atom. The normalized spacial score (nSPS) is 16.4. The second kappa shape index (κ2) is 8.41. The molecular weight excluding hydrogens is 450 g/mol. The summed E-state index contributed by atoms with van der Waals surface area (Å²) in [6, 6.07) is 23.0. The number of benzene rings is 3. The average Bonchev–Trinajstić information content (AvgIpc) is 3.53. The van der Waals surface area contributed by atoms with Crippen LogP contribution in [0.3, 0.4) is 0 Å². The first-order chi connectivity index (χ1) is 17.5. The number of aromatic nitrogens is 3. The molecule has 0 spiro atoms. The van der Waals surface area contributed by atoms with Crippen molar-refractivity contribution in [3.8, 4) is 23.0 Å². The molecule has 1 aliphatic rings. The number of rotatable bonds is 5. The van der Waals surface area contributed by atoms with Gasteiger partial charge in [0.1, 0.15) is 17.5 Å². The van der Waals surface area contributed by atoms with Crippen molar-refractivity contribution >= 4 is 16.8 Å². The summed E-state index contributed by atoms with van der Waals surface area (Å²) in [5.74, 6) is 1.94. The first-order valence-corrected chi connectivity index (χ1v) is 12.0. The lowest BCUT2D eigenvalue weighted by Gasteiger charge is -2.36. The largest absolute Gasteiger partial charge is 0.497 e. The zero-order valence-electron chi connectivity index (χ0n) is 20.7. The predicted octanol–water partition coefficient (Wildman–Crippen LogP) is 6.17. The molecule has 2 atom stereocenters. The van der Waals surface area contributed by atoms with Crippen LogP contribution in [0, 0.1) is 13.8 Å². The molecule has 6 nitrogen and oxygen atoms in total. The number of fused-ring (bicyclic) bond motifs is 5. The molecule has 0 bridgehead atoms. The molecule has 0 N–H and O–H groups in total. The van der Waals surface area contributed by atoms with Crippen LogP contribution in [-0.2, 0) is 0 Å². The molecule has 36 heavy (non-hydrogen) atoms. The Hall–Kier alpha value is -4.32. The van der Waals surface area contributed by atoms with Crippen molar-refractivity contribution < 1.29 is 14.3 Å². The van der Waals surface area contributed by atoms with E-state index in [1.165, 1.54) is 11.1 Å².